The number of halogens is 1. The van der Waals surface area contributed by atoms with Gasteiger partial charge in [0.1, 0.15) is 0 Å². The van der Waals surface area contributed by atoms with Gasteiger partial charge < -0.3 is 10.6 Å². The summed E-state index contributed by atoms with van der Waals surface area (Å²) in [7, 11) is 2.27. The second-order valence-corrected chi connectivity index (χ2v) is 6.52. The molecule has 2 bridgehead atoms. The molecule has 4 heteroatoms. The molecule has 19 heavy (non-hydrogen) atoms. The molecular formula is C15H22ClN3. The molecule has 3 atom stereocenters. The van der Waals surface area contributed by atoms with Crippen LogP contribution < -0.4 is 5.73 Å². The molecule has 104 valence electrons. The third-order valence-electron chi connectivity index (χ3n) is 5.05. The molecule has 1 aromatic heterocycles. The van der Waals surface area contributed by atoms with Crippen molar-refractivity contribution in [2.75, 3.05) is 7.05 Å². The maximum absolute atomic E-state index is 6.45. The lowest BCUT2D eigenvalue weighted by Crippen LogP contribution is -2.46. The van der Waals surface area contributed by atoms with Gasteiger partial charge in [0.25, 0.3) is 0 Å². The Labute approximate surface area is 120 Å². The van der Waals surface area contributed by atoms with E-state index in [0.29, 0.717) is 5.92 Å². The van der Waals surface area contributed by atoms with E-state index in [1.807, 2.05) is 6.07 Å². The van der Waals surface area contributed by atoms with Crippen LogP contribution in [-0.2, 0) is 6.42 Å². The molecule has 3 heterocycles. The van der Waals surface area contributed by atoms with Crippen molar-refractivity contribution in [3.8, 4) is 0 Å². The number of pyridine rings is 1. The van der Waals surface area contributed by atoms with Gasteiger partial charge in [-0.05, 0) is 56.7 Å². The van der Waals surface area contributed by atoms with Crippen LogP contribution >= 0.6 is 11.6 Å². The van der Waals surface area contributed by atoms with Gasteiger partial charge in [0, 0.05) is 30.5 Å². The van der Waals surface area contributed by atoms with E-state index in [0.717, 1.165) is 29.1 Å². The lowest BCUT2D eigenvalue weighted by Gasteiger charge is -2.38. The van der Waals surface area contributed by atoms with E-state index in [1.165, 1.54) is 25.7 Å². The van der Waals surface area contributed by atoms with Crippen LogP contribution in [0.1, 0.15) is 31.2 Å². The highest BCUT2D eigenvalue weighted by Gasteiger charge is 2.40. The molecule has 2 aliphatic rings. The van der Waals surface area contributed by atoms with Gasteiger partial charge in [0.2, 0.25) is 0 Å². The van der Waals surface area contributed by atoms with Crippen LogP contribution in [0.25, 0.3) is 0 Å². The lowest BCUT2D eigenvalue weighted by molar-refractivity contribution is 0.120. The van der Waals surface area contributed by atoms with Gasteiger partial charge in [0.05, 0.1) is 5.02 Å². The van der Waals surface area contributed by atoms with Gasteiger partial charge in [-0.15, -0.1) is 0 Å². The maximum atomic E-state index is 6.45. The minimum absolute atomic E-state index is 0.219. The summed E-state index contributed by atoms with van der Waals surface area (Å²) in [6.45, 7) is 0. The van der Waals surface area contributed by atoms with Crippen LogP contribution in [-0.4, -0.2) is 35.1 Å². The first-order valence-electron chi connectivity index (χ1n) is 7.21. The zero-order chi connectivity index (χ0) is 13.4. The van der Waals surface area contributed by atoms with Crippen molar-refractivity contribution in [1.29, 1.82) is 0 Å². The number of aromatic nitrogens is 1. The molecule has 0 aromatic carbocycles. The van der Waals surface area contributed by atoms with E-state index in [-0.39, 0.29) is 6.04 Å². The molecule has 0 saturated carbocycles. The Morgan fingerprint density at radius 3 is 2.74 bits per heavy atom. The summed E-state index contributed by atoms with van der Waals surface area (Å²) in [6, 6.07) is 3.72. The Kier molecular flexibility index (Phi) is 3.79. The van der Waals surface area contributed by atoms with Crippen LogP contribution in [0.15, 0.2) is 18.5 Å². The molecule has 3 rings (SSSR count). The summed E-state index contributed by atoms with van der Waals surface area (Å²) < 4.78 is 0. The molecule has 3 unspecified atom stereocenters. The Hall–Kier alpha value is -0.640. The molecule has 0 radical (unpaired) electrons. The lowest BCUT2D eigenvalue weighted by atomic mass is 9.83. The van der Waals surface area contributed by atoms with Crippen molar-refractivity contribution in [3.63, 3.8) is 0 Å². The first-order chi connectivity index (χ1) is 9.15. The molecular weight excluding hydrogens is 258 g/mol. The highest BCUT2D eigenvalue weighted by Crippen LogP contribution is 2.38. The summed E-state index contributed by atoms with van der Waals surface area (Å²) in [5.41, 5.74) is 7.58. The summed E-state index contributed by atoms with van der Waals surface area (Å²) in [4.78, 5) is 6.59. The Bertz CT molecular complexity index is 437. The molecule has 2 N–H and O–H groups in total. The van der Waals surface area contributed by atoms with Crippen LogP contribution in [0.2, 0.25) is 5.02 Å². The minimum atomic E-state index is 0.219. The van der Waals surface area contributed by atoms with E-state index in [9.17, 15) is 0 Å². The minimum Gasteiger partial charge on any atom is -0.327 e. The van der Waals surface area contributed by atoms with E-state index < -0.39 is 0 Å². The van der Waals surface area contributed by atoms with Crippen molar-refractivity contribution in [1.82, 2.24) is 9.88 Å². The first-order valence-corrected chi connectivity index (χ1v) is 7.59. The summed E-state index contributed by atoms with van der Waals surface area (Å²) in [6.07, 6.45) is 9.57. The number of rotatable bonds is 3. The van der Waals surface area contributed by atoms with E-state index in [4.69, 9.17) is 17.3 Å². The predicted octanol–water partition coefficient (Wildman–Crippen LogP) is 2.48. The average Bonchev–Trinajstić information content (AvgIpc) is 2.64. The number of hydrogen-bond acceptors (Lipinski definition) is 3. The van der Waals surface area contributed by atoms with Gasteiger partial charge in [-0.1, -0.05) is 11.6 Å². The Morgan fingerprint density at radius 2 is 2.11 bits per heavy atom. The Morgan fingerprint density at radius 1 is 1.42 bits per heavy atom. The van der Waals surface area contributed by atoms with Crippen LogP contribution in [0.3, 0.4) is 0 Å². The molecule has 3 nitrogen and oxygen atoms in total. The largest absolute Gasteiger partial charge is 0.327 e. The highest BCUT2D eigenvalue weighted by atomic mass is 35.5. The maximum Gasteiger partial charge on any atom is 0.0621 e. The number of hydrogen-bond donors (Lipinski definition) is 1. The first kappa shape index (κ1) is 13.3. The number of nitrogens with two attached hydrogens (primary N) is 1. The summed E-state index contributed by atoms with van der Waals surface area (Å²) >= 11 is 6.17. The van der Waals surface area contributed by atoms with E-state index in [1.54, 1.807) is 12.4 Å². The zero-order valence-corrected chi connectivity index (χ0v) is 12.2. The average molecular weight is 280 g/mol. The number of nitrogens with zero attached hydrogens (tertiary/aromatic N) is 2. The second-order valence-electron chi connectivity index (χ2n) is 6.12. The summed E-state index contributed by atoms with van der Waals surface area (Å²) in [5.74, 6) is 0.637. The van der Waals surface area contributed by atoms with E-state index in [2.05, 4.69) is 16.9 Å². The predicted molar refractivity (Wildman–Crippen MR) is 78.2 cm³/mol. The van der Waals surface area contributed by atoms with Crippen molar-refractivity contribution in [3.05, 3.63) is 29.0 Å². The van der Waals surface area contributed by atoms with Crippen LogP contribution in [0.5, 0.6) is 0 Å². The third-order valence-corrected chi connectivity index (χ3v) is 5.39. The fraction of sp³-hybridized carbons (Fsp3) is 0.667. The van der Waals surface area contributed by atoms with Gasteiger partial charge >= 0.3 is 0 Å². The SMILES string of the molecule is CN1C2CCC1CC(C(N)Cc1ccncc1Cl)C2. The normalized spacial score (nSPS) is 32.5. The fourth-order valence-corrected chi connectivity index (χ4v) is 3.99. The smallest absolute Gasteiger partial charge is 0.0621 e. The molecule has 0 spiro atoms. The van der Waals surface area contributed by atoms with Crippen LogP contribution in [0, 0.1) is 5.92 Å². The molecule has 1 aromatic rings. The monoisotopic (exact) mass is 279 g/mol. The Balaban J connectivity index is 1.65. The standard InChI is InChI=1S/C15H22ClN3/c1-19-12-2-3-13(19)7-11(6-12)15(17)8-10-4-5-18-9-14(10)16/h4-5,9,11-13,15H,2-3,6-8,17H2,1H3. The summed E-state index contributed by atoms with van der Waals surface area (Å²) in [5, 5.41) is 0.744. The molecule has 2 fully saturated rings. The fourth-order valence-electron chi connectivity index (χ4n) is 3.79. The number of fused-ring (bicyclic) bond motifs is 2. The van der Waals surface area contributed by atoms with Crippen LogP contribution in [0.4, 0.5) is 0 Å². The third kappa shape index (κ3) is 2.64. The van der Waals surface area contributed by atoms with Crippen molar-refractivity contribution in [2.45, 2.75) is 50.2 Å². The van der Waals surface area contributed by atoms with Gasteiger partial charge in [-0.3, -0.25) is 4.98 Å². The number of piperidine rings is 1. The van der Waals surface area contributed by atoms with Gasteiger partial charge in [-0.2, -0.15) is 0 Å². The quantitative estimate of drug-likeness (QED) is 0.924. The molecule has 2 aliphatic heterocycles. The van der Waals surface area contributed by atoms with Gasteiger partial charge in [0.15, 0.2) is 0 Å². The van der Waals surface area contributed by atoms with Gasteiger partial charge in [-0.25, -0.2) is 0 Å². The molecule has 0 amide bonds. The second kappa shape index (κ2) is 5.39. The van der Waals surface area contributed by atoms with Crippen molar-refractivity contribution < 1.29 is 0 Å². The topological polar surface area (TPSA) is 42.1 Å². The van der Waals surface area contributed by atoms with Crippen molar-refractivity contribution >= 4 is 11.6 Å². The van der Waals surface area contributed by atoms with E-state index >= 15 is 0 Å². The molecule has 0 aliphatic carbocycles. The zero-order valence-electron chi connectivity index (χ0n) is 11.4. The highest BCUT2D eigenvalue weighted by molar-refractivity contribution is 6.31. The molecule has 2 saturated heterocycles. The van der Waals surface area contributed by atoms with Crippen molar-refractivity contribution in [2.24, 2.45) is 11.7 Å².